The van der Waals surface area contributed by atoms with Crippen molar-refractivity contribution in [2.75, 3.05) is 0 Å². The highest BCUT2D eigenvalue weighted by atomic mass is 15.0. The molecule has 302 valence electrons. The molecular formula is C62H39N3. The van der Waals surface area contributed by atoms with Gasteiger partial charge in [0.25, 0.3) is 0 Å². The number of aromatic nitrogens is 2. The highest BCUT2D eigenvalue weighted by Gasteiger charge is 2.46. The maximum atomic E-state index is 9.48. The first-order valence-corrected chi connectivity index (χ1v) is 22.2. The summed E-state index contributed by atoms with van der Waals surface area (Å²) < 4.78 is 4.82. The molecule has 0 atom stereocenters. The molecule has 0 fully saturated rings. The SMILES string of the molecule is N#Cc1cccc(-c2ccc(-n3c4ccccc4c4cc(-c5ccc6c(c5)c5ccccc5n6-c5ccc6c(c5)C(c5ccccc5)(c5ccccc5)c5ccccc5-6)ccc43)cc2)c1. The van der Waals surface area contributed by atoms with Gasteiger partial charge in [-0.05, 0) is 128 Å². The van der Waals surface area contributed by atoms with E-state index in [0.29, 0.717) is 5.56 Å². The van der Waals surface area contributed by atoms with Gasteiger partial charge in [-0.15, -0.1) is 0 Å². The van der Waals surface area contributed by atoms with Crippen molar-refractivity contribution < 1.29 is 0 Å². The van der Waals surface area contributed by atoms with E-state index in [4.69, 9.17) is 0 Å². The van der Waals surface area contributed by atoms with Crippen LogP contribution in [0.5, 0.6) is 0 Å². The lowest BCUT2D eigenvalue weighted by Gasteiger charge is -2.34. The summed E-state index contributed by atoms with van der Waals surface area (Å²) in [4.78, 5) is 0. The number of nitrogens with zero attached hydrogens (tertiary/aromatic N) is 3. The number of nitriles is 1. The van der Waals surface area contributed by atoms with Crippen molar-refractivity contribution >= 4 is 43.6 Å². The minimum absolute atomic E-state index is 0.479. The number of hydrogen-bond acceptors (Lipinski definition) is 1. The third-order valence-electron chi connectivity index (χ3n) is 13.8. The molecule has 0 N–H and O–H groups in total. The zero-order valence-corrected chi connectivity index (χ0v) is 35.4. The standard InChI is InChI=1S/C62H39N3/c63-40-41-14-13-15-43(36-41)42-26-30-48(31-27-42)64-58-24-11-8-21-52(58)54-37-44(28-34-60(54)64)45-29-35-61-55(38-45)53-22-9-12-25-59(53)65(61)49-32-33-51-50-20-7-10-23-56(50)62(57(51)39-49,46-16-3-1-4-17-46)47-18-5-2-6-19-47/h1-39H. The minimum Gasteiger partial charge on any atom is -0.309 e. The summed E-state index contributed by atoms with van der Waals surface area (Å²) in [6.45, 7) is 0. The van der Waals surface area contributed by atoms with Gasteiger partial charge in [-0.3, -0.25) is 0 Å². The first-order chi connectivity index (χ1) is 32.2. The Balaban J connectivity index is 0.952. The zero-order chi connectivity index (χ0) is 43.1. The molecule has 13 rings (SSSR count). The zero-order valence-electron chi connectivity index (χ0n) is 35.4. The predicted molar refractivity (Wildman–Crippen MR) is 268 cm³/mol. The van der Waals surface area contributed by atoms with Gasteiger partial charge in [-0.1, -0.05) is 164 Å². The van der Waals surface area contributed by atoms with Crippen molar-refractivity contribution in [3.63, 3.8) is 0 Å². The first kappa shape index (κ1) is 36.9. The van der Waals surface area contributed by atoms with Gasteiger partial charge in [0.05, 0.1) is 39.1 Å². The van der Waals surface area contributed by atoms with Crippen LogP contribution in [-0.4, -0.2) is 9.13 Å². The lowest BCUT2D eigenvalue weighted by Crippen LogP contribution is -2.28. The molecule has 0 amide bonds. The molecule has 2 heterocycles. The minimum atomic E-state index is -0.479. The number of rotatable bonds is 6. The van der Waals surface area contributed by atoms with Gasteiger partial charge in [0, 0.05) is 32.9 Å². The van der Waals surface area contributed by atoms with Crippen molar-refractivity contribution in [2.45, 2.75) is 5.41 Å². The summed E-state index contributed by atoms with van der Waals surface area (Å²) in [5, 5.41) is 14.4. The van der Waals surface area contributed by atoms with E-state index in [-0.39, 0.29) is 0 Å². The Hall–Kier alpha value is -8.71. The molecule has 0 bridgehead atoms. The third-order valence-corrected chi connectivity index (χ3v) is 13.8. The van der Waals surface area contributed by atoms with Crippen LogP contribution in [0.2, 0.25) is 0 Å². The topological polar surface area (TPSA) is 33.6 Å². The van der Waals surface area contributed by atoms with Crippen LogP contribution < -0.4 is 0 Å². The molecule has 0 saturated carbocycles. The molecule has 65 heavy (non-hydrogen) atoms. The summed E-state index contributed by atoms with van der Waals surface area (Å²) in [6.07, 6.45) is 0. The molecule has 12 aromatic rings. The molecule has 0 saturated heterocycles. The molecule has 0 radical (unpaired) electrons. The third kappa shape index (κ3) is 5.48. The predicted octanol–water partition coefficient (Wildman–Crippen LogP) is 15.4. The molecule has 0 spiro atoms. The monoisotopic (exact) mass is 825 g/mol. The molecule has 1 aliphatic carbocycles. The van der Waals surface area contributed by atoms with Crippen LogP contribution >= 0.6 is 0 Å². The Morgan fingerprint density at radius 1 is 0.323 bits per heavy atom. The number of para-hydroxylation sites is 2. The first-order valence-electron chi connectivity index (χ1n) is 22.2. The molecule has 2 aromatic heterocycles. The number of fused-ring (bicyclic) bond motifs is 9. The molecule has 10 aromatic carbocycles. The quantitative estimate of drug-likeness (QED) is 0.164. The molecule has 3 heteroatoms. The molecule has 1 aliphatic rings. The summed E-state index contributed by atoms with van der Waals surface area (Å²) in [6, 6.07) is 88.3. The van der Waals surface area contributed by atoms with E-state index in [1.807, 2.05) is 18.2 Å². The Morgan fingerprint density at radius 2 is 0.815 bits per heavy atom. The molecule has 3 nitrogen and oxygen atoms in total. The lowest BCUT2D eigenvalue weighted by atomic mass is 9.67. The van der Waals surface area contributed by atoms with Gasteiger partial charge >= 0.3 is 0 Å². The highest BCUT2D eigenvalue weighted by Crippen LogP contribution is 2.56. The summed E-state index contributed by atoms with van der Waals surface area (Å²) in [7, 11) is 0. The van der Waals surface area contributed by atoms with Gasteiger partial charge in [0.1, 0.15) is 0 Å². The number of hydrogen-bond donors (Lipinski definition) is 0. The van der Waals surface area contributed by atoms with Crippen LogP contribution in [0, 0.1) is 11.3 Å². The van der Waals surface area contributed by atoms with Gasteiger partial charge in [0.15, 0.2) is 0 Å². The normalized spacial score (nSPS) is 12.7. The van der Waals surface area contributed by atoms with Gasteiger partial charge in [-0.2, -0.15) is 5.26 Å². The van der Waals surface area contributed by atoms with Crippen molar-refractivity contribution in [1.82, 2.24) is 9.13 Å². The van der Waals surface area contributed by atoms with E-state index in [2.05, 4.69) is 234 Å². The van der Waals surface area contributed by atoms with Crippen LogP contribution in [0.3, 0.4) is 0 Å². The van der Waals surface area contributed by atoms with E-state index in [1.54, 1.807) is 0 Å². The molecule has 0 aliphatic heterocycles. The average molecular weight is 826 g/mol. The second-order valence-corrected chi connectivity index (χ2v) is 17.2. The maximum absolute atomic E-state index is 9.48. The van der Waals surface area contributed by atoms with Gasteiger partial charge in [-0.25, -0.2) is 0 Å². The van der Waals surface area contributed by atoms with E-state index in [9.17, 15) is 5.26 Å². The lowest BCUT2D eigenvalue weighted by molar-refractivity contribution is 0.767. The summed E-state index contributed by atoms with van der Waals surface area (Å²) in [5.74, 6) is 0. The largest absolute Gasteiger partial charge is 0.309 e. The fourth-order valence-corrected chi connectivity index (χ4v) is 11.0. The highest BCUT2D eigenvalue weighted by molar-refractivity contribution is 6.13. The van der Waals surface area contributed by atoms with Crippen LogP contribution in [-0.2, 0) is 5.41 Å². The molecule has 0 unspecified atom stereocenters. The molecular weight excluding hydrogens is 787 g/mol. The maximum Gasteiger partial charge on any atom is 0.0991 e. The van der Waals surface area contributed by atoms with Crippen LogP contribution in [0.25, 0.3) is 88.4 Å². The second-order valence-electron chi connectivity index (χ2n) is 17.2. The van der Waals surface area contributed by atoms with Crippen LogP contribution in [0.1, 0.15) is 27.8 Å². The van der Waals surface area contributed by atoms with E-state index in [1.165, 1.54) is 82.6 Å². The van der Waals surface area contributed by atoms with Crippen LogP contribution in [0.15, 0.2) is 237 Å². The fraction of sp³-hybridized carbons (Fsp3) is 0.0161. The van der Waals surface area contributed by atoms with E-state index in [0.717, 1.165) is 28.0 Å². The summed E-state index contributed by atoms with van der Waals surface area (Å²) >= 11 is 0. The number of benzene rings is 10. The van der Waals surface area contributed by atoms with Crippen molar-refractivity contribution in [1.29, 1.82) is 5.26 Å². The Morgan fingerprint density at radius 3 is 1.45 bits per heavy atom. The van der Waals surface area contributed by atoms with Gasteiger partial charge < -0.3 is 9.13 Å². The fourth-order valence-electron chi connectivity index (χ4n) is 11.0. The summed E-state index contributed by atoms with van der Waals surface area (Å²) in [5.41, 5.74) is 19.3. The Bertz CT molecular complexity index is 3840. The smallest absolute Gasteiger partial charge is 0.0991 e. The Labute approximate surface area is 377 Å². The van der Waals surface area contributed by atoms with Crippen molar-refractivity contribution in [3.8, 4) is 50.8 Å². The Kier molecular flexibility index (Phi) is 8.19. The second kappa shape index (κ2) is 14.4. The van der Waals surface area contributed by atoms with Crippen LogP contribution in [0.4, 0.5) is 0 Å². The van der Waals surface area contributed by atoms with E-state index >= 15 is 0 Å². The van der Waals surface area contributed by atoms with Crippen molar-refractivity contribution in [3.05, 3.63) is 264 Å². The van der Waals surface area contributed by atoms with E-state index < -0.39 is 5.41 Å². The average Bonchev–Trinajstić information content (AvgIpc) is 4.00. The van der Waals surface area contributed by atoms with Gasteiger partial charge in [0.2, 0.25) is 0 Å². The van der Waals surface area contributed by atoms with Crippen molar-refractivity contribution in [2.24, 2.45) is 0 Å².